The maximum atomic E-state index is 12.9. The molecule has 8 heteroatoms. The molecule has 3 heterocycles. The average Bonchev–Trinajstić information content (AvgIpc) is 2.92. The summed E-state index contributed by atoms with van der Waals surface area (Å²) in [5.74, 6) is -0.811. The number of benzene rings is 1. The first-order chi connectivity index (χ1) is 12.9. The van der Waals surface area contributed by atoms with Crippen LogP contribution in [0.2, 0.25) is 0 Å². The highest BCUT2D eigenvalue weighted by atomic mass is 16.2. The number of hydrogen-bond acceptors (Lipinski definition) is 6. The molecule has 8 nitrogen and oxygen atoms in total. The summed E-state index contributed by atoms with van der Waals surface area (Å²) in [5.41, 5.74) is 14.9. The van der Waals surface area contributed by atoms with Crippen molar-refractivity contribution >= 4 is 17.7 Å². The normalized spacial score (nSPS) is 29.0. The predicted octanol–water partition coefficient (Wildman–Crippen LogP) is -0.692. The lowest BCUT2D eigenvalue weighted by Crippen LogP contribution is -2.52. The van der Waals surface area contributed by atoms with E-state index in [1.54, 1.807) is 11.0 Å². The topological polar surface area (TPSA) is 122 Å². The third kappa shape index (κ3) is 3.47. The molecule has 0 radical (unpaired) electrons. The van der Waals surface area contributed by atoms with Crippen molar-refractivity contribution in [2.24, 2.45) is 11.5 Å². The van der Waals surface area contributed by atoms with Gasteiger partial charge in [-0.15, -0.1) is 0 Å². The van der Waals surface area contributed by atoms with Crippen LogP contribution in [0.5, 0.6) is 0 Å². The molecule has 2 saturated heterocycles. The number of amides is 3. The van der Waals surface area contributed by atoms with Crippen LogP contribution >= 0.6 is 0 Å². The standard InChI is InChI=1S/C19H25N5O3/c20-12-6-13(21)9-23(8-12)7-11-2-1-3-14-15(11)10-24(19(14)27)16-4-5-17(25)22-18(16)26/h1-3,12-13,16H,4-10,20-21H2,(H,22,25,26)/t12-,13+,16?. The number of piperidine rings is 2. The number of nitrogens with zero attached hydrogens (tertiary/aromatic N) is 2. The van der Waals surface area contributed by atoms with Crippen molar-refractivity contribution in [1.82, 2.24) is 15.1 Å². The van der Waals surface area contributed by atoms with Crippen molar-refractivity contribution in [3.63, 3.8) is 0 Å². The molecule has 3 aliphatic rings. The molecule has 0 saturated carbocycles. The zero-order valence-corrected chi connectivity index (χ0v) is 15.2. The monoisotopic (exact) mass is 371 g/mol. The molecule has 3 aliphatic heterocycles. The lowest BCUT2D eigenvalue weighted by Gasteiger charge is -2.35. The molecule has 1 aromatic carbocycles. The molecule has 3 amide bonds. The van der Waals surface area contributed by atoms with E-state index in [0.29, 0.717) is 25.1 Å². The number of nitrogens with one attached hydrogen (secondary N) is 1. The summed E-state index contributed by atoms with van der Waals surface area (Å²) in [6, 6.07) is 5.24. The second-order valence-electron chi connectivity index (χ2n) is 7.79. The fourth-order valence-corrected chi connectivity index (χ4v) is 4.44. The van der Waals surface area contributed by atoms with Gasteiger partial charge in [0.05, 0.1) is 0 Å². The second kappa shape index (κ2) is 7.03. The molecule has 0 spiro atoms. The second-order valence-corrected chi connectivity index (χ2v) is 7.79. The molecule has 144 valence electrons. The maximum absolute atomic E-state index is 12.9. The Balaban J connectivity index is 1.54. The number of hydrogen-bond donors (Lipinski definition) is 3. The van der Waals surface area contributed by atoms with Crippen LogP contribution in [-0.2, 0) is 22.7 Å². The summed E-state index contributed by atoms with van der Waals surface area (Å²) in [6.45, 7) is 2.63. The molecule has 2 fully saturated rings. The fourth-order valence-electron chi connectivity index (χ4n) is 4.44. The SMILES string of the molecule is N[C@@H]1C[C@H](N)CN(Cc2cccc3c2CN(C2CCC(=O)NC2=O)C3=O)C1. The van der Waals surface area contributed by atoms with E-state index in [0.717, 1.165) is 30.6 Å². The Bertz CT molecular complexity index is 786. The molecule has 4 rings (SSSR count). The Kier molecular flexibility index (Phi) is 4.71. The quantitative estimate of drug-likeness (QED) is 0.605. The van der Waals surface area contributed by atoms with Crippen molar-refractivity contribution in [3.05, 3.63) is 34.9 Å². The largest absolute Gasteiger partial charge is 0.326 e. The first-order valence-corrected chi connectivity index (χ1v) is 9.41. The minimum Gasteiger partial charge on any atom is -0.326 e. The zero-order chi connectivity index (χ0) is 19.1. The molecule has 5 N–H and O–H groups in total. The predicted molar refractivity (Wildman–Crippen MR) is 98.3 cm³/mol. The molecule has 27 heavy (non-hydrogen) atoms. The Hall–Kier alpha value is -2.29. The van der Waals surface area contributed by atoms with Crippen molar-refractivity contribution < 1.29 is 14.4 Å². The van der Waals surface area contributed by atoms with Crippen LogP contribution in [0.15, 0.2) is 18.2 Å². The van der Waals surface area contributed by atoms with Gasteiger partial charge in [-0.25, -0.2) is 0 Å². The van der Waals surface area contributed by atoms with Crippen LogP contribution in [0.25, 0.3) is 0 Å². The van der Waals surface area contributed by atoms with E-state index in [9.17, 15) is 14.4 Å². The van der Waals surface area contributed by atoms with Gasteiger partial charge in [0, 0.05) is 50.2 Å². The third-order valence-electron chi connectivity index (χ3n) is 5.66. The van der Waals surface area contributed by atoms with Gasteiger partial charge >= 0.3 is 0 Å². The minimum atomic E-state index is -0.590. The highest BCUT2D eigenvalue weighted by Gasteiger charge is 2.40. The van der Waals surface area contributed by atoms with Gasteiger partial charge in [-0.2, -0.15) is 0 Å². The van der Waals surface area contributed by atoms with Crippen LogP contribution in [0, 0.1) is 0 Å². The van der Waals surface area contributed by atoms with Crippen LogP contribution in [0.3, 0.4) is 0 Å². The van der Waals surface area contributed by atoms with E-state index in [-0.39, 0.29) is 36.2 Å². The Morgan fingerprint density at radius 3 is 2.56 bits per heavy atom. The fraction of sp³-hybridized carbons (Fsp3) is 0.526. The van der Waals surface area contributed by atoms with Crippen LogP contribution in [-0.4, -0.2) is 58.7 Å². The van der Waals surface area contributed by atoms with Crippen LogP contribution in [0.1, 0.15) is 40.7 Å². The minimum absolute atomic E-state index is 0.0621. The number of fused-ring (bicyclic) bond motifs is 1. The smallest absolute Gasteiger partial charge is 0.255 e. The third-order valence-corrected chi connectivity index (χ3v) is 5.66. The Morgan fingerprint density at radius 1 is 1.11 bits per heavy atom. The number of rotatable bonds is 3. The summed E-state index contributed by atoms with van der Waals surface area (Å²) >= 11 is 0. The summed E-state index contributed by atoms with van der Waals surface area (Å²) in [4.78, 5) is 40.3. The molecule has 1 unspecified atom stereocenters. The van der Waals surface area contributed by atoms with Crippen molar-refractivity contribution in [2.45, 2.75) is 50.5 Å². The average molecular weight is 371 g/mol. The van der Waals surface area contributed by atoms with Gasteiger partial charge in [0.1, 0.15) is 6.04 Å². The summed E-state index contributed by atoms with van der Waals surface area (Å²) in [5, 5.41) is 2.34. The lowest BCUT2D eigenvalue weighted by molar-refractivity contribution is -0.136. The number of carbonyl (C=O) groups excluding carboxylic acids is 3. The first-order valence-electron chi connectivity index (χ1n) is 9.41. The Morgan fingerprint density at radius 2 is 1.85 bits per heavy atom. The molecule has 0 bridgehead atoms. The number of imide groups is 1. The summed E-state index contributed by atoms with van der Waals surface area (Å²) in [7, 11) is 0. The van der Waals surface area contributed by atoms with Gasteiger partial charge in [-0.05, 0) is 30.0 Å². The number of likely N-dealkylation sites (tertiary alicyclic amines) is 1. The highest BCUT2D eigenvalue weighted by Crippen LogP contribution is 2.30. The summed E-state index contributed by atoms with van der Waals surface area (Å²) in [6.07, 6.45) is 1.45. The number of nitrogens with two attached hydrogens (primary N) is 2. The zero-order valence-electron chi connectivity index (χ0n) is 15.2. The van der Waals surface area contributed by atoms with Crippen molar-refractivity contribution in [1.29, 1.82) is 0 Å². The molecular weight excluding hydrogens is 346 g/mol. The molecular formula is C19H25N5O3. The molecule has 0 aromatic heterocycles. The van der Waals surface area contributed by atoms with E-state index in [4.69, 9.17) is 11.5 Å². The van der Waals surface area contributed by atoms with Crippen LogP contribution < -0.4 is 16.8 Å². The molecule has 3 atom stereocenters. The number of carbonyl (C=O) groups is 3. The van der Waals surface area contributed by atoms with Gasteiger partial charge in [0.2, 0.25) is 11.8 Å². The molecule has 1 aromatic rings. The van der Waals surface area contributed by atoms with Crippen LogP contribution in [0.4, 0.5) is 0 Å². The molecule has 0 aliphatic carbocycles. The Labute approximate surface area is 157 Å². The van der Waals surface area contributed by atoms with Gasteiger partial charge in [0.25, 0.3) is 5.91 Å². The lowest BCUT2D eigenvalue weighted by atomic mass is 9.99. The highest BCUT2D eigenvalue weighted by molar-refractivity contribution is 6.05. The van der Waals surface area contributed by atoms with Gasteiger partial charge in [-0.1, -0.05) is 12.1 Å². The summed E-state index contributed by atoms with van der Waals surface area (Å²) < 4.78 is 0. The maximum Gasteiger partial charge on any atom is 0.255 e. The van der Waals surface area contributed by atoms with E-state index in [1.165, 1.54) is 0 Å². The van der Waals surface area contributed by atoms with E-state index in [2.05, 4.69) is 10.2 Å². The van der Waals surface area contributed by atoms with E-state index >= 15 is 0 Å². The van der Waals surface area contributed by atoms with E-state index < -0.39 is 6.04 Å². The first kappa shape index (κ1) is 18.1. The van der Waals surface area contributed by atoms with Gasteiger partial charge < -0.3 is 16.4 Å². The van der Waals surface area contributed by atoms with Crippen molar-refractivity contribution in [3.8, 4) is 0 Å². The van der Waals surface area contributed by atoms with Crippen molar-refractivity contribution in [2.75, 3.05) is 13.1 Å². The van der Waals surface area contributed by atoms with Gasteiger partial charge in [0.15, 0.2) is 0 Å². The van der Waals surface area contributed by atoms with Gasteiger partial charge in [-0.3, -0.25) is 24.6 Å². The van der Waals surface area contributed by atoms with E-state index in [1.807, 2.05) is 12.1 Å².